The predicted octanol–water partition coefficient (Wildman–Crippen LogP) is 1.31. The lowest BCUT2D eigenvalue weighted by Gasteiger charge is -1.84. The van der Waals surface area contributed by atoms with Gasteiger partial charge in [-0.15, -0.1) is 48.6 Å². The number of nitrogens with zero attached hydrogens (tertiary/aromatic N) is 2. The zero-order valence-corrected chi connectivity index (χ0v) is 9.10. The Balaban J connectivity index is -0.000000270. The quantitative estimate of drug-likeness (QED) is 0.584. The Hall–Kier alpha value is -0.230. The Morgan fingerprint density at radius 2 is 1.92 bits per heavy atom. The highest BCUT2D eigenvalue weighted by molar-refractivity contribution is 7.13. The van der Waals surface area contributed by atoms with E-state index in [-0.39, 0.29) is 43.2 Å². The van der Waals surface area contributed by atoms with Crippen LogP contribution in [0.25, 0.3) is 0 Å². The second-order valence-corrected chi connectivity index (χ2v) is 2.22. The monoisotopic (exact) mass is 250 g/mol. The molecule has 0 aromatic carbocycles. The number of hydrogen-bond acceptors (Lipinski definition) is 3. The van der Waals surface area contributed by atoms with Gasteiger partial charge < -0.3 is 11.5 Å². The van der Waals surface area contributed by atoms with Gasteiger partial charge in [0.25, 0.3) is 0 Å². The minimum Gasteiger partial charge on any atom is -0.370 e. The minimum absolute atomic E-state index is 0. The average Bonchev–Trinajstić information content (AvgIpc) is 2.15. The molecule has 0 radical (unpaired) electrons. The zero-order chi connectivity index (χ0) is 6.69. The summed E-state index contributed by atoms with van der Waals surface area (Å²) in [6.07, 6.45) is 1.65. The fraction of sp³-hybridized carbons (Fsp3) is 0. The molecule has 1 aromatic heterocycles. The molecule has 0 aliphatic rings. The second-order valence-electron chi connectivity index (χ2n) is 1.35. The summed E-state index contributed by atoms with van der Waals surface area (Å²) < 4.78 is 0. The van der Waals surface area contributed by atoms with Crippen LogP contribution >= 0.6 is 48.6 Å². The summed E-state index contributed by atoms with van der Waals surface area (Å²) in [5, 5.41) is 2.40. The van der Waals surface area contributed by atoms with Gasteiger partial charge in [-0.1, -0.05) is 0 Å². The van der Waals surface area contributed by atoms with E-state index >= 15 is 0 Å². The summed E-state index contributed by atoms with van der Waals surface area (Å²) in [5.74, 6) is 0.0463. The van der Waals surface area contributed by atoms with Crippen molar-refractivity contribution in [1.29, 1.82) is 0 Å². The molecule has 12 heavy (non-hydrogen) atoms. The lowest BCUT2D eigenvalue weighted by Crippen LogP contribution is -2.21. The van der Waals surface area contributed by atoms with E-state index in [2.05, 4.69) is 9.98 Å². The molecule has 4 N–H and O–H groups in total. The van der Waals surface area contributed by atoms with Crippen LogP contribution in [0.4, 0.5) is 5.13 Å². The molecule has 0 atom stereocenters. The Morgan fingerprint density at radius 1 is 1.33 bits per heavy atom. The molecule has 1 heterocycles. The van der Waals surface area contributed by atoms with Crippen molar-refractivity contribution < 1.29 is 0 Å². The van der Waals surface area contributed by atoms with Crippen molar-refractivity contribution in [2.75, 3.05) is 0 Å². The largest absolute Gasteiger partial charge is 0.370 e. The number of rotatable bonds is 1. The molecule has 72 valence electrons. The number of halogens is 3. The van der Waals surface area contributed by atoms with Gasteiger partial charge in [0, 0.05) is 11.6 Å². The fourth-order valence-electron chi connectivity index (χ4n) is 0.382. The van der Waals surface area contributed by atoms with Crippen LogP contribution in [0.15, 0.2) is 16.6 Å². The Labute approximate surface area is 92.7 Å². The maximum atomic E-state index is 5.08. The molecule has 0 bridgehead atoms. The van der Waals surface area contributed by atoms with Gasteiger partial charge in [-0.3, -0.25) is 0 Å². The van der Waals surface area contributed by atoms with Crippen molar-refractivity contribution in [1.82, 2.24) is 4.98 Å². The zero-order valence-electron chi connectivity index (χ0n) is 5.84. The van der Waals surface area contributed by atoms with E-state index in [4.69, 9.17) is 11.5 Å². The van der Waals surface area contributed by atoms with Crippen LogP contribution in [0.3, 0.4) is 0 Å². The third kappa shape index (κ3) is 6.48. The SMILES string of the molecule is Cl.Cl.Cl.NC(N)=Nc1nccs1. The van der Waals surface area contributed by atoms with E-state index in [9.17, 15) is 0 Å². The molecule has 0 fully saturated rings. The summed E-state index contributed by atoms with van der Waals surface area (Å²) in [6.45, 7) is 0. The molecule has 0 aliphatic heterocycles. The van der Waals surface area contributed by atoms with E-state index in [0.717, 1.165) is 0 Å². The molecule has 0 saturated heterocycles. The number of hydrogen-bond donors (Lipinski definition) is 2. The summed E-state index contributed by atoms with van der Waals surface area (Å²) in [7, 11) is 0. The highest BCUT2D eigenvalue weighted by Crippen LogP contribution is 2.13. The van der Waals surface area contributed by atoms with Crippen molar-refractivity contribution in [3.05, 3.63) is 11.6 Å². The van der Waals surface area contributed by atoms with Crippen molar-refractivity contribution in [3.8, 4) is 0 Å². The molecular formula is C4H9Cl3N4S. The molecule has 0 aliphatic carbocycles. The Morgan fingerprint density at radius 3 is 2.25 bits per heavy atom. The number of aromatic nitrogens is 1. The van der Waals surface area contributed by atoms with Crippen LogP contribution in [-0.2, 0) is 0 Å². The van der Waals surface area contributed by atoms with Crippen molar-refractivity contribution in [2.24, 2.45) is 16.5 Å². The molecule has 0 spiro atoms. The van der Waals surface area contributed by atoms with E-state index in [0.29, 0.717) is 5.13 Å². The Bertz CT molecular complexity index is 208. The summed E-state index contributed by atoms with van der Waals surface area (Å²) in [6, 6.07) is 0. The van der Waals surface area contributed by atoms with E-state index in [1.54, 1.807) is 6.20 Å². The smallest absolute Gasteiger partial charge is 0.212 e. The number of guanidine groups is 1. The molecule has 0 unspecified atom stereocenters. The number of thiazole rings is 1. The Kier molecular flexibility index (Phi) is 13.1. The summed E-state index contributed by atoms with van der Waals surface area (Å²) >= 11 is 1.39. The molecule has 0 saturated carbocycles. The van der Waals surface area contributed by atoms with E-state index in [1.807, 2.05) is 5.38 Å². The summed E-state index contributed by atoms with van der Waals surface area (Å²) in [4.78, 5) is 7.53. The van der Waals surface area contributed by atoms with Crippen LogP contribution in [-0.4, -0.2) is 10.9 Å². The van der Waals surface area contributed by atoms with Crippen LogP contribution in [0, 0.1) is 0 Å². The maximum Gasteiger partial charge on any atom is 0.212 e. The van der Waals surface area contributed by atoms with E-state index in [1.165, 1.54) is 11.3 Å². The first-order chi connectivity index (χ1) is 4.29. The average molecular weight is 252 g/mol. The van der Waals surface area contributed by atoms with Gasteiger partial charge in [-0.05, 0) is 0 Å². The van der Waals surface area contributed by atoms with Crippen LogP contribution < -0.4 is 11.5 Å². The number of aliphatic imine (C=N–C) groups is 1. The van der Waals surface area contributed by atoms with Gasteiger partial charge >= 0.3 is 0 Å². The predicted molar refractivity (Wildman–Crippen MR) is 59.3 cm³/mol. The minimum atomic E-state index is 0. The lowest BCUT2D eigenvalue weighted by molar-refractivity contribution is 1.33. The van der Waals surface area contributed by atoms with Crippen molar-refractivity contribution in [3.63, 3.8) is 0 Å². The standard InChI is InChI=1S/C4H6N4S.3ClH/c5-3(6)8-4-7-1-2-9-4;;;/h1-2H,(H4,5,6,7,8);3*1H. The molecule has 4 nitrogen and oxygen atoms in total. The third-order valence-electron chi connectivity index (χ3n) is 0.644. The van der Waals surface area contributed by atoms with Gasteiger partial charge in [0.15, 0.2) is 5.96 Å². The van der Waals surface area contributed by atoms with Gasteiger partial charge in [-0.2, -0.15) is 4.99 Å². The van der Waals surface area contributed by atoms with Gasteiger partial charge in [0.2, 0.25) is 5.13 Å². The lowest BCUT2D eigenvalue weighted by atomic mass is 11.0. The molecular weight excluding hydrogens is 242 g/mol. The molecule has 1 rings (SSSR count). The number of nitrogens with two attached hydrogens (primary N) is 2. The van der Waals surface area contributed by atoms with Gasteiger partial charge in [0.05, 0.1) is 0 Å². The third-order valence-corrected chi connectivity index (χ3v) is 1.31. The fourth-order valence-corrected chi connectivity index (χ4v) is 0.905. The molecule has 0 amide bonds. The van der Waals surface area contributed by atoms with Gasteiger partial charge in [-0.25, -0.2) is 4.98 Å². The van der Waals surface area contributed by atoms with Crippen molar-refractivity contribution >= 4 is 59.6 Å². The molecule has 1 aromatic rings. The summed E-state index contributed by atoms with van der Waals surface area (Å²) in [5.41, 5.74) is 10.2. The topological polar surface area (TPSA) is 77.3 Å². The van der Waals surface area contributed by atoms with Gasteiger partial charge in [0.1, 0.15) is 0 Å². The highest BCUT2D eigenvalue weighted by Gasteiger charge is 1.88. The molecule has 8 heteroatoms. The first kappa shape index (κ1) is 17.8. The van der Waals surface area contributed by atoms with E-state index < -0.39 is 0 Å². The van der Waals surface area contributed by atoms with Crippen LogP contribution in [0.2, 0.25) is 0 Å². The first-order valence-corrected chi connectivity index (χ1v) is 3.16. The maximum absolute atomic E-state index is 5.08. The highest BCUT2D eigenvalue weighted by atomic mass is 35.5. The normalized spacial score (nSPS) is 6.67. The first-order valence-electron chi connectivity index (χ1n) is 2.28. The van der Waals surface area contributed by atoms with Crippen LogP contribution in [0.1, 0.15) is 0 Å². The van der Waals surface area contributed by atoms with Crippen molar-refractivity contribution in [2.45, 2.75) is 0 Å². The van der Waals surface area contributed by atoms with Crippen LogP contribution in [0.5, 0.6) is 0 Å². The second kappa shape index (κ2) is 8.86.